The fraction of sp³-hybridized carbons (Fsp3) is 0.419. The number of benzene rings is 3. The number of hydrogen-bond acceptors (Lipinski definition) is 10. The summed E-state index contributed by atoms with van der Waals surface area (Å²) in [5, 5.41) is 45.9. The quantitative estimate of drug-likeness (QED) is 0.0717. The highest BCUT2D eigenvalue weighted by Gasteiger charge is 2.29. The van der Waals surface area contributed by atoms with Crippen LogP contribution in [-0.2, 0) is 24.4 Å². The number of aliphatic hydroxyl groups excluding tert-OH is 2. The summed E-state index contributed by atoms with van der Waals surface area (Å²) < 4.78 is 19.1. The third-order valence-electron chi connectivity index (χ3n) is 10.5. The number of ether oxygens (including phenoxy) is 3. The number of nitriles is 1. The number of aliphatic carboxylic acids is 1. The van der Waals surface area contributed by atoms with E-state index in [0.717, 1.165) is 79.5 Å². The van der Waals surface area contributed by atoms with Crippen LogP contribution in [0, 0.1) is 18.3 Å². The first-order valence-corrected chi connectivity index (χ1v) is 19.4. The Kier molecular flexibility index (Phi) is 13.6. The molecule has 4 aromatic rings. The van der Waals surface area contributed by atoms with Crippen molar-refractivity contribution in [3.8, 4) is 34.4 Å². The summed E-state index contributed by atoms with van der Waals surface area (Å²) >= 11 is 6.83. The number of fused-ring (bicyclic) bond motifs is 1. The van der Waals surface area contributed by atoms with Crippen molar-refractivity contribution in [2.45, 2.75) is 102 Å². The molecule has 6 rings (SSSR count). The Morgan fingerprint density at radius 2 is 1.84 bits per heavy atom. The lowest BCUT2D eigenvalue weighted by Crippen LogP contribution is -2.44. The Bertz CT molecular complexity index is 2000. The van der Waals surface area contributed by atoms with E-state index in [1.54, 1.807) is 24.4 Å². The van der Waals surface area contributed by atoms with Gasteiger partial charge in [-0.25, -0.2) is 0 Å². The van der Waals surface area contributed by atoms with Gasteiger partial charge < -0.3 is 34.8 Å². The molecule has 12 heteroatoms. The zero-order valence-corrected chi connectivity index (χ0v) is 32.0. The van der Waals surface area contributed by atoms with Gasteiger partial charge in [0.2, 0.25) is 0 Å². The van der Waals surface area contributed by atoms with Crippen LogP contribution in [0.25, 0.3) is 11.1 Å². The molecule has 11 nitrogen and oxygen atoms in total. The molecule has 0 amide bonds. The van der Waals surface area contributed by atoms with Crippen LogP contribution >= 0.6 is 11.6 Å². The van der Waals surface area contributed by atoms with E-state index in [1.165, 1.54) is 18.7 Å². The van der Waals surface area contributed by atoms with Crippen LogP contribution in [0.2, 0.25) is 5.02 Å². The van der Waals surface area contributed by atoms with E-state index in [9.17, 15) is 25.4 Å². The molecule has 0 radical (unpaired) electrons. The summed E-state index contributed by atoms with van der Waals surface area (Å²) in [6, 6.07) is 18.6. The first-order valence-electron chi connectivity index (χ1n) is 19.0. The van der Waals surface area contributed by atoms with Crippen LogP contribution in [0.4, 0.5) is 0 Å². The molecule has 0 spiro atoms. The van der Waals surface area contributed by atoms with Gasteiger partial charge in [-0.15, -0.1) is 0 Å². The molecule has 2 aliphatic carbocycles. The molecule has 5 atom stereocenters. The van der Waals surface area contributed by atoms with E-state index < -0.39 is 18.1 Å². The van der Waals surface area contributed by atoms with Gasteiger partial charge >= 0.3 is 5.97 Å². The van der Waals surface area contributed by atoms with Crippen molar-refractivity contribution in [1.29, 1.82) is 5.26 Å². The van der Waals surface area contributed by atoms with Crippen molar-refractivity contribution in [1.82, 2.24) is 15.6 Å². The molecule has 5 N–H and O–H groups in total. The third kappa shape index (κ3) is 9.95. The van der Waals surface area contributed by atoms with Gasteiger partial charge in [0.1, 0.15) is 42.1 Å². The topological polar surface area (TPSA) is 166 Å². The van der Waals surface area contributed by atoms with Gasteiger partial charge in [-0.1, -0.05) is 54.8 Å². The van der Waals surface area contributed by atoms with Gasteiger partial charge in [0, 0.05) is 42.2 Å². The van der Waals surface area contributed by atoms with Gasteiger partial charge in [-0.3, -0.25) is 15.1 Å². The molecule has 0 bridgehead atoms. The van der Waals surface area contributed by atoms with Crippen molar-refractivity contribution >= 4 is 17.6 Å². The Morgan fingerprint density at radius 1 is 1.04 bits per heavy atom. The second kappa shape index (κ2) is 18.8. The number of carboxylic acids is 1. The highest BCUT2D eigenvalue weighted by atomic mass is 35.5. The van der Waals surface area contributed by atoms with E-state index in [4.69, 9.17) is 25.8 Å². The van der Waals surface area contributed by atoms with Crippen molar-refractivity contribution in [3.63, 3.8) is 0 Å². The molecule has 0 aliphatic heterocycles. The number of pyridine rings is 1. The molecular formula is C43H49ClN4O7. The van der Waals surface area contributed by atoms with Crippen molar-refractivity contribution < 1.29 is 34.3 Å². The maximum Gasteiger partial charge on any atom is 0.323 e. The van der Waals surface area contributed by atoms with Gasteiger partial charge in [0.25, 0.3) is 0 Å². The molecule has 1 saturated carbocycles. The third-order valence-corrected chi connectivity index (χ3v) is 10.8. The van der Waals surface area contributed by atoms with Gasteiger partial charge in [0.15, 0.2) is 0 Å². The molecule has 1 fully saturated rings. The highest BCUT2D eigenvalue weighted by Crippen LogP contribution is 2.44. The maximum absolute atomic E-state index is 11.8. The number of nitrogens with one attached hydrogen (secondary N) is 2. The summed E-state index contributed by atoms with van der Waals surface area (Å²) in [6.07, 6.45) is 7.93. The highest BCUT2D eigenvalue weighted by molar-refractivity contribution is 6.32. The summed E-state index contributed by atoms with van der Waals surface area (Å²) in [5.74, 6) is 0.491. The standard InChI is InChI=1S/C43H49ClN4O7/c1-26-31(8-6-13-38(26)53-17-7-16-47-36-11-3-4-12-37(36)50)32-9-5-10-34-33(32)14-15-39(34)55-41-20-40(54-25-29-18-28(21-45)22-46-23-29)30(19-35(41)44)24-48-42(27(2)49)43(51)52/h5-6,8-10,13,18-20,22-23,27,36-37,39,42,47-50H,3-4,7,11-12,14-17,24-25H2,1-2H3,(H,51,52)/t27-,36-,37+,39+,42+/m1/s1. The van der Waals surface area contributed by atoms with E-state index in [2.05, 4.69) is 46.8 Å². The van der Waals surface area contributed by atoms with Gasteiger partial charge in [0.05, 0.1) is 29.4 Å². The number of carbonyl (C=O) groups is 1. The molecular weight excluding hydrogens is 720 g/mol. The Morgan fingerprint density at radius 3 is 2.62 bits per heavy atom. The summed E-state index contributed by atoms with van der Waals surface area (Å²) in [6.45, 7) is 5.02. The number of hydrogen-bond donors (Lipinski definition) is 5. The largest absolute Gasteiger partial charge is 0.493 e. The minimum absolute atomic E-state index is 0.0485. The molecule has 2 aliphatic rings. The lowest BCUT2D eigenvalue weighted by molar-refractivity contribution is -0.142. The fourth-order valence-corrected chi connectivity index (χ4v) is 7.74. The Labute approximate surface area is 327 Å². The summed E-state index contributed by atoms with van der Waals surface area (Å²) in [4.78, 5) is 15.9. The first-order chi connectivity index (χ1) is 26.6. The molecule has 3 aromatic carbocycles. The Balaban J connectivity index is 1.18. The van der Waals surface area contributed by atoms with E-state index in [0.29, 0.717) is 39.8 Å². The van der Waals surface area contributed by atoms with Crippen molar-refractivity contribution in [2.24, 2.45) is 0 Å². The van der Waals surface area contributed by atoms with Gasteiger partial charge in [-0.2, -0.15) is 5.26 Å². The predicted molar refractivity (Wildman–Crippen MR) is 209 cm³/mol. The monoisotopic (exact) mass is 768 g/mol. The first kappa shape index (κ1) is 40.0. The van der Waals surface area contributed by atoms with E-state index >= 15 is 0 Å². The maximum atomic E-state index is 11.8. The Hall–Kier alpha value is -4.70. The number of halogens is 1. The van der Waals surface area contributed by atoms with Crippen LogP contribution in [-0.4, -0.2) is 63.7 Å². The second-order valence-electron chi connectivity index (χ2n) is 14.4. The van der Waals surface area contributed by atoms with Crippen LogP contribution in [0.3, 0.4) is 0 Å². The van der Waals surface area contributed by atoms with Gasteiger partial charge in [-0.05, 0) is 98.5 Å². The summed E-state index contributed by atoms with van der Waals surface area (Å²) in [5.41, 5.74) is 7.24. The number of aromatic nitrogens is 1. The fourth-order valence-electron chi connectivity index (χ4n) is 7.51. The minimum Gasteiger partial charge on any atom is -0.493 e. The van der Waals surface area contributed by atoms with Crippen LogP contribution < -0.4 is 24.8 Å². The van der Waals surface area contributed by atoms with Crippen LogP contribution in [0.1, 0.15) is 84.9 Å². The van der Waals surface area contributed by atoms with Crippen LogP contribution in [0.5, 0.6) is 17.2 Å². The smallest absolute Gasteiger partial charge is 0.323 e. The number of nitrogens with zero attached hydrogens (tertiary/aromatic N) is 2. The molecule has 0 saturated heterocycles. The average Bonchev–Trinajstić information content (AvgIpc) is 3.59. The SMILES string of the molecule is Cc1c(OCCCN[C@@H]2CCCC[C@@H]2O)cccc1-c1cccc2c1CC[C@@H]2Oc1cc(OCc2cncc(C#N)c2)c(CN[C@H](C(=O)O)[C@@H](C)O)cc1Cl. The molecule has 1 aromatic heterocycles. The normalized spacial score (nSPS) is 18.9. The summed E-state index contributed by atoms with van der Waals surface area (Å²) in [7, 11) is 0. The molecule has 0 unspecified atom stereocenters. The molecule has 290 valence electrons. The van der Waals surface area contributed by atoms with E-state index in [1.807, 2.05) is 18.2 Å². The lowest BCUT2D eigenvalue weighted by atomic mass is 9.92. The molecule has 55 heavy (non-hydrogen) atoms. The van der Waals surface area contributed by atoms with E-state index in [-0.39, 0.29) is 31.4 Å². The zero-order chi connectivity index (χ0) is 38.9. The lowest BCUT2D eigenvalue weighted by Gasteiger charge is -2.28. The minimum atomic E-state index is -1.21. The van der Waals surface area contributed by atoms with Crippen LogP contribution in [0.15, 0.2) is 67.0 Å². The average molecular weight is 769 g/mol. The number of rotatable bonds is 17. The van der Waals surface area contributed by atoms with Crippen molar-refractivity contribution in [3.05, 3.63) is 105 Å². The molecule has 1 heterocycles. The number of aliphatic hydroxyl groups is 2. The zero-order valence-electron chi connectivity index (χ0n) is 31.3. The predicted octanol–water partition coefficient (Wildman–Crippen LogP) is 6.81. The second-order valence-corrected chi connectivity index (χ2v) is 14.8. The van der Waals surface area contributed by atoms with Crippen molar-refractivity contribution in [2.75, 3.05) is 13.2 Å². The number of carboxylic acid groups (broad SMARTS) is 1.